The lowest BCUT2D eigenvalue weighted by Crippen LogP contribution is -2.07. The molecule has 0 saturated carbocycles. The summed E-state index contributed by atoms with van der Waals surface area (Å²) in [6, 6.07) is 6.38. The summed E-state index contributed by atoms with van der Waals surface area (Å²) in [6.07, 6.45) is 4.94. The summed E-state index contributed by atoms with van der Waals surface area (Å²) in [5.41, 5.74) is 1.38. The highest BCUT2D eigenvalue weighted by Gasteiger charge is 2.02. The second-order valence-electron chi connectivity index (χ2n) is 4.11. The number of aryl methyl sites for hydroxylation is 1. The lowest BCUT2D eigenvalue weighted by atomic mass is 10.1. The summed E-state index contributed by atoms with van der Waals surface area (Å²) < 4.78 is 6.56. The molecule has 0 saturated heterocycles. The van der Waals surface area contributed by atoms with Crippen molar-refractivity contribution in [1.82, 2.24) is 5.32 Å². The molecule has 0 aliphatic rings. The predicted molar refractivity (Wildman–Crippen MR) is 76.8 cm³/mol. The molecule has 0 aliphatic heterocycles. The van der Waals surface area contributed by atoms with Gasteiger partial charge in [0.15, 0.2) is 0 Å². The van der Waals surface area contributed by atoms with Crippen molar-refractivity contribution in [3.05, 3.63) is 28.2 Å². The molecule has 0 aliphatic carbocycles. The normalized spacial score (nSPS) is 10.5. The standard InChI is InChI=1S/C14H22BrNO/c1-3-17-14-9-8-12(11-13(14)15)7-5-4-6-10-16-2/h8-9,11,16H,3-7,10H2,1-2H3. The van der Waals surface area contributed by atoms with E-state index >= 15 is 0 Å². The van der Waals surface area contributed by atoms with E-state index in [0.717, 1.165) is 23.2 Å². The van der Waals surface area contributed by atoms with Crippen molar-refractivity contribution in [2.75, 3.05) is 20.2 Å². The summed E-state index contributed by atoms with van der Waals surface area (Å²) in [5.74, 6) is 0.937. The van der Waals surface area contributed by atoms with Crippen LogP contribution in [-0.2, 0) is 6.42 Å². The quantitative estimate of drug-likeness (QED) is 0.738. The van der Waals surface area contributed by atoms with Crippen molar-refractivity contribution in [3.63, 3.8) is 0 Å². The summed E-state index contributed by atoms with van der Waals surface area (Å²) >= 11 is 3.55. The molecule has 1 aromatic carbocycles. The third-order valence-corrected chi connectivity index (χ3v) is 3.31. The number of ether oxygens (including phenoxy) is 1. The third kappa shape index (κ3) is 5.55. The van der Waals surface area contributed by atoms with Gasteiger partial charge in [0.1, 0.15) is 5.75 Å². The second kappa shape index (κ2) is 8.54. The second-order valence-corrected chi connectivity index (χ2v) is 4.97. The minimum atomic E-state index is 0.710. The van der Waals surface area contributed by atoms with Crippen molar-refractivity contribution in [2.45, 2.75) is 32.6 Å². The molecule has 2 nitrogen and oxygen atoms in total. The highest BCUT2D eigenvalue weighted by atomic mass is 79.9. The maximum Gasteiger partial charge on any atom is 0.133 e. The van der Waals surface area contributed by atoms with Gasteiger partial charge in [-0.2, -0.15) is 0 Å². The van der Waals surface area contributed by atoms with E-state index in [4.69, 9.17) is 4.74 Å². The lowest BCUT2D eigenvalue weighted by molar-refractivity contribution is 0.338. The Balaban J connectivity index is 2.36. The molecule has 96 valence electrons. The number of unbranched alkanes of at least 4 members (excludes halogenated alkanes) is 2. The number of halogens is 1. The Hall–Kier alpha value is -0.540. The van der Waals surface area contributed by atoms with Crippen LogP contribution >= 0.6 is 15.9 Å². The van der Waals surface area contributed by atoms with Gasteiger partial charge in [0.25, 0.3) is 0 Å². The van der Waals surface area contributed by atoms with Crippen LogP contribution in [0.25, 0.3) is 0 Å². The van der Waals surface area contributed by atoms with Crippen LogP contribution in [-0.4, -0.2) is 20.2 Å². The predicted octanol–water partition coefficient (Wildman–Crippen LogP) is 3.78. The van der Waals surface area contributed by atoms with E-state index < -0.39 is 0 Å². The zero-order valence-electron chi connectivity index (χ0n) is 10.8. The average Bonchev–Trinajstić information content (AvgIpc) is 2.32. The van der Waals surface area contributed by atoms with Crippen molar-refractivity contribution in [3.8, 4) is 5.75 Å². The first-order chi connectivity index (χ1) is 8.27. The topological polar surface area (TPSA) is 21.3 Å². The van der Waals surface area contributed by atoms with Crippen molar-refractivity contribution in [2.24, 2.45) is 0 Å². The number of nitrogens with one attached hydrogen (secondary N) is 1. The monoisotopic (exact) mass is 299 g/mol. The van der Waals surface area contributed by atoms with Gasteiger partial charge in [-0.05, 0) is 73.4 Å². The first kappa shape index (κ1) is 14.5. The summed E-state index contributed by atoms with van der Waals surface area (Å²) in [6.45, 7) is 3.83. The molecule has 1 aromatic rings. The minimum Gasteiger partial charge on any atom is -0.493 e. The largest absolute Gasteiger partial charge is 0.493 e. The van der Waals surface area contributed by atoms with E-state index in [1.54, 1.807) is 0 Å². The average molecular weight is 300 g/mol. The highest BCUT2D eigenvalue weighted by Crippen LogP contribution is 2.26. The van der Waals surface area contributed by atoms with Gasteiger partial charge in [-0.3, -0.25) is 0 Å². The van der Waals surface area contributed by atoms with Crippen molar-refractivity contribution in [1.29, 1.82) is 0 Å². The molecule has 1 N–H and O–H groups in total. The zero-order valence-corrected chi connectivity index (χ0v) is 12.3. The van der Waals surface area contributed by atoms with Gasteiger partial charge in [-0.15, -0.1) is 0 Å². The van der Waals surface area contributed by atoms with Crippen LogP contribution in [0.4, 0.5) is 0 Å². The summed E-state index contributed by atoms with van der Waals surface area (Å²) in [5, 5.41) is 3.17. The van der Waals surface area contributed by atoms with Crippen LogP contribution in [0.15, 0.2) is 22.7 Å². The van der Waals surface area contributed by atoms with Crippen LogP contribution in [0.1, 0.15) is 31.7 Å². The molecule has 1 rings (SSSR count). The summed E-state index contributed by atoms with van der Waals surface area (Å²) in [4.78, 5) is 0. The van der Waals surface area contributed by atoms with Gasteiger partial charge in [-0.25, -0.2) is 0 Å². The van der Waals surface area contributed by atoms with E-state index in [1.165, 1.54) is 24.8 Å². The number of hydrogen-bond acceptors (Lipinski definition) is 2. The molecular formula is C14H22BrNO. The first-order valence-electron chi connectivity index (χ1n) is 6.33. The van der Waals surface area contributed by atoms with E-state index in [0.29, 0.717) is 6.61 Å². The van der Waals surface area contributed by atoms with E-state index in [9.17, 15) is 0 Å². The number of rotatable bonds is 8. The molecule has 0 unspecified atom stereocenters. The fourth-order valence-corrected chi connectivity index (χ4v) is 2.32. The van der Waals surface area contributed by atoms with Crippen LogP contribution in [0, 0.1) is 0 Å². The summed E-state index contributed by atoms with van der Waals surface area (Å²) in [7, 11) is 2.00. The fraction of sp³-hybridized carbons (Fsp3) is 0.571. The molecule has 0 heterocycles. The van der Waals surface area contributed by atoms with Crippen molar-refractivity contribution < 1.29 is 4.74 Å². The van der Waals surface area contributed by atoms with Gasteiger partial charge in [0, 0.05) is 0 Å². The molecule has 0 amide bonds. The maximum absolute atomic E-state index is 5.49. The molecule has 0 atom stereocenters. The smallest absolute Gasteiger partial charge is 0.133 e. The molecule has 0 aromatic heterocycles. The van der Waals surface area contributed by atoms with Gasteiger partial charge in [0.2, 0.25) is 0 Å². The maximum atomic E-state index is 5.49. The molecule has 0 fully saturated rings. The van der Waals surface area contributed by atoms with Crippen LogP contribution in [0.2, 0.25) is 0 Å². The Morgan fingerprint density at radius 3 is 2.71 bits per heavy atom. The Bertz CT molecular complexity index is 328. The van der Waals surface area contributed by atoms with Crippen LogP contribution < -0.4 is 10.1 Å². The SMILES string of the molecule is CCOc1ccc(CCCCCNC)cc1Br. The zero-order chi connectivity index (χ0) is 12.5. The number of benzene rings is 1. The molecule has 0 radical (unpaired) electrons. The van der Waals surface area contributed by atoms with E-state index in [-0.39, 0.29) is 0 Å². The Kier molecular flexibility index (Phi) is 7.29. The fourth-order valence-electron chi connectivity index (χ4n) is 1.78. The molecule has 0 spiro atoms. The Morgan fingerprint density at radius 2 is 2.06 bits per heavy atom. The van der Waals surface area contributed by atoms with Crippen LogP contribution in [0.3, 0.4) is 0 Å². The Morgan fingerprint density at radius 1 is 1.24 bits per heavy atom. The van der Waals surface area contributed by atoms with Crippen molar-refractivity contribution >= 4 is 15.9 Å². The molecule has 17 heavy (non-hydrogen) atoms. The van der Waals surface area contributed by atoms with E-state index in [2.05, 4.69) is 39.4 Å². The Labute approximate surface area is 113 Å². The van der Waals surface area contributed by atoms with E-state index in [1.807, 2.05) is 14.0 Å². The molecule has 0 bridgehead atoms. The molecular weight excluding hydrogens is 278 g/mol. The number of hydrogen-bond donors (Lipinski definition) is 1. The van der Waals surface area contributed by atoms with Gasteiger partial charge in [0.05, 0.1) is 11.1 Å². The molecule has 3 heteroatoms. The van der Waals surface area contributed by atoms with Crippen LogP contribution in [0.5, 0.6) is 5.75 Å². The van der Waals surface area contributed by atoms with Gasteiger partial charge < -0.3 is 10.1 Å². The van der Waals surface area contributed by atoms with Gasteiger partial charge >= 0.3 is 0 Å². The van der Waals surface area contributed by atoms with Gasteiger partial charge in [-0.1, -0.05) is 12.5 Å². The highest BCUT2D eigenvalue weighted by molar-refractivity contribution is 9.10. The third-order valence-electron chi connectivity index (χ3n) is 2.69. The first-order valence-corrected chi connectivity index (χ1v) is 7.13. The minimum absolute atomic E-state index is 0.710. The lowest BCUT2D eigenvalue weighted by Gasteiger charge is -2.08.